The molecule has 1 aromatic carbocycles. The Morgan fingerprint density at radius 2 is 1.95 bits per heavy atom. The van der Waals surface area contributed by atoms with E-state index in [1.165, 1.54) is 0 Å². The molecule has 0 saturated heterocycles. The van der Waals surface area contributed by atoms with Gasteiger partial charge in [0.25, 0.3) is 11.5 Å². The van der Waals surface area contributed by atoms with Crippen molar-refractivity contribution in [3.8, 4) is 0 Å². The Balaban J connectivity index is 2.20. The van der Waals surface area contributed by atoms with E-state index in [0.29, 0.717) is 22.2 Å². The lowest BCUT2D eigenvalue weighted by Gasteiger charge is -2.10. The summed E-state index contributed by atoms with van der Waals surface area (Å²) >= 11 is 12.0. The monoisotopic (exact) mass is 338 g/mol. The van der Waals surface area contributed by atoms with Gasteiger partial charge in [-0.1, -0.05) is 23.2 Å². The summed E-state index contributed by atoms with van der Waals surface area (Å²) in [6.45, 7) is 4.42. The molecule has 1 heterocycles. The van der Waals surface area contributed by atoms with Gasteiger partial charge in [0.1, 0.15) is 5.56 Å². The Kier molecular flexibility index (Phi) is 5.27. The number of halogens is 2. The molecule has 0 saturated carbocycles. The summed E-state index contributed by atoms with van der Waals surface area (Å²) in [5.74, 6) is -0.428. The Labute approximate surface area is 138 Å². The quantitative estimate of drug-likeness (QED) is 0.928. The standard InChI is InChI=1S/C16H16Cl2N2O2/c1-3-20-10(2)4-6-13(16(20)22)15(21)19-9-11-8-12(17)5-7-14(11)18/h4-8H,3,9H2,1-2H3,(H,19,21). The molecular weight excluding hydrogens is 323 g/mol. The Hall–Kier alpha value is -1.78. The van der Waals surface area contributed by atoms with Crippen LogP contribution in [0.3, 0.4) is 0 Å². The molecule has 1 aromatic heterocycles. The number of aromatic nitrogens is 1. The summed E-state index contributed by atoms with van der Waals surface area (Å²) in [5, 5.41) is 3.75. The highest BCUT2D eigenvalue weighted by molar-refractivity contribution is 6.33. The van der Waals surface area contributed by atoms with Gasteiger partial charge in [0.15, 0.2) is 0 Å². The minimum absolute atomic E-state index is 0.116. The van der Waals surface area contributed by atoms with Gasteiger partial charge in [0, 0.05) is 28.8 Å². The van der Waals surface area contributed by atoms with E-state index in [1.54, 1.807) is 34.9 Å². The molecule has 1 N–H and O–H groups in total. The number of carbonyl (C=O) groups is 1. The van der Waals surface area contributed by atoms with E-state index in [0.717, 1.165) is 5.69 Å². The van der Waals surface area contributed by atoms with Gasteiger partial charge in [-0.3, -0.25) is 9.59 Å². The third-order valence-corrected chi connectivity index (χ3v) is 4.00. The topological polar surface area (TPSA) is 51.1 Å². The van der Waals surface area contributed by atoms with Crippen molar-refractivity contribution >= 4 is 29.1 Å². The lowest BCUT2D eigenvalue weighted by Crippen LogP contribution is -2.33. The van der Waals surface area contributed by atoms with E-state index >= 15 is 0 Å². The minimum Gasteiger partial charge on any atom is -0.348 e. The van der Waals surface area contributed by atoms with Crippen molar-refractivity contribution in [3.05, 3.63) is 67.6 Å². The number of rotatable bonds is 4. The molecule has 0 fully saturated rings. The second kappa shape index (κ2) is 6.99. The fourth-order valence-electron chi connectivity index (χ4n) is 2.19. The first kappa shape index (κ1) is 16.6. The molecule has 0 aliphatic heterocycles. The molecule has 0 atom stereocenters. The summed E-state index contributed by atoms with van der Waals surface area (Å²) in [6.07, 6.45) is 0. The van der Waals surface area contributed by atoms with Crippen molar-refractivity contribution in [1.29, 1.82) is 0 Å². The van der Waals surface area contributed by atoms with Crippen molar-refractivity contribution in [2.75, 3.05) is 0 Å². The molecule has 22 heavy (non-hydrogen) atoms. The number of carbonyl (C=O) groups excluding carboxylic acids is 1. The third kappa shape index (κ3) is 3.51. The number of hydrogen-bond donors (Lipinski definition) is 1. The average Bonchev–Trinajstić information content (AvgIpc) is 2.48. The van der Waals surface area contributed by atoms with Crippen LogP contribution in [0, 0.1) is 6.92 Å². The number of amides is 1. The van der Waals surface area contributed by atoms with E-state index in [4.69, 9.17) is 23.2 Å². The SMILES string of the molecule is CCn1c(C)ccc(C(=O)NCc2cc(Cl)ccc2Cl)c1=O. The van der Waals surface area contributed by atoms with Crippen LogP contribution < -0.4 is 10.9 Å². The van der Waals surface area contributed by atoms with Crippen LogP contribution in [0.25, 0.3) is 0 Å². The average molecular weight is 339 g/mol. The molecule has 0 radical (unpaired) electrons. The Morgan fingerprint density at radius 3 is 2.64 bits per heavy atom. The zero-order valence-electron chi connectivity index (χ0n) is 12.3. The zero-order chi connectivity index (χ0) is 16.3. The van der Waals surface area contributed by atoms with E-state index in [1.807, 2.05) is 13.8 Å². The molecule has 0 spiro atoms. The van der Waals surface area contributed by atoms with Gasteiger partial charge in [-0.15, -0.1) is 0 Å². The summed E-state index contributed by atoms with van der Waals surface area (Å²) < 4.78 is 1.56. The van der Waals surface area contributed by atoms with Crippen LogP contribution in [0.2, 0.25) is 10.0 Å². The Morgan fingerprint density at radius 1 is 1.23 bits per heavy atom. The molecule has 0 aliphatic carbocycles. The first-order valence-electron chi connectivity index (χ1n) is 6.86. The van der Waals surface area contributed by atoms with Crippen LogP contribution in [-0.2, 0) is 13.1 Å². The van der Waals surface area contributed by atoms with Crippen LogP contribution in [0.1, 0.15) is 28.5 Å². The molecule has 116 valence electrons. The predicted octanol–water partition coefficient (Wildman–Crippen LogP) is 3.41. The second-order valence-corrected chi connectivity index (χ2v) is 5.70. The van der Waals surface area contributed by atoms with E-state index in [9.17, 15) is 9.59 Å². The van der Waals surface area contributed by atoms with Crippen LogP contribution >= 0.6 is 23.2 Å². The largest absolute Gasteiger partial charge is 0.348 e. The van der Waals surface area contributed by atoms with Gasteiger partial charge in [-0.2, -0.15) is 0 Å². The Bertz CT molecular complexity index is 769. The molecule has 0 unspecified atom stereocenters. The predicted molar refractivity (Wildman–Crippen MR) is 88.7 cm³/mol. The van der Waals surface area contributed by atoms with Gasteiger partial charge < -0.3 is 9.88 Å². The molecule has 0 bridgehead atoms. The van der Waals surface area contributed by atoms with Gasteiger partial charge in [-0.05, 0) is 49.7 Å². The minimum atomic E-state index is -0.428. The fourth-order valence-corrected chi connectivity index (χ4v) is 2.57. The van der Waals surface area contributed by atoms with E-state index < -0.39 is 5.91 Å². The van der Waals surface area contributed by atoms with E-state index in [-0.39, 0.29) is 17.7 Å². The van der Waals surface area contributed by atoms with Crippen LogP contribution in [0.5, 0.6) is 0 Å². The van der Waals surface area contributed by atoms with Crippen molar-refractivity contribution in [2.45, 2.75) is 26.9 Å². The van der Waals surface area contributed by atoms with Crippen LogP contribution in [0.4, 0.5) is 0 Å². The van der Waals surface area contributed by atoms with Gasteiger partial charge in [0.05, 0.1) is 0 Å². The summed E-state index contributed by atoms with van der Waals surface area (Å²) in [6, 6.07) is 8.32. The van der Waals surface area contributed by atoms with E-state index in [2.05, 4.69) is 5.32 Å². The number of benzene rings is 1. The highest BCUT2D eigenvalue weighted by Crippen LogP contribution is 2.20. The number of aryl methyl sites for hydroxylation is 1. The summed E-state index contributed by atoms with van der Waals surface area (Å²) in [4.78, 5) is 24.5. The van der Waals surface area contributed by atoms with Gasteiger partial charge in [0.2, 0.25) is 0 Å². The lowest BCUT2D eigenvalue weighted by atomic mass is 10.2. The second-order valence-electron chi connectivity index (χ2n) is 4.86. The normalized spacial score (nSPS) is 10.5. The highest BCUT2D eigenvalue weighted by Gasteiger charge is 2.13. The van der Waals surface area contributed by atoms with Crippen molar-refractivity contribution in [3.63, 3.8) is 0 Å². The number of pyridine rings is 1. The zero-order valence-corrected chi connectivity index (χ0v) is 13.8. The van der Waals surface area contributed by atoms with Crippen LogP contribution in [0.15, 0.2) is 35.1 Å². The third-order valence-electron chi connectivity index (χ3n) is 3.40. The summed E-state index contributed by atoms with van der Waals surface area (Å²) in [7, 11) is 0. The smallest absolute Gasteiger partial charge is 0.263 e. The van der Waals surface area contributed by atoms with Crippen molar-refractivity contribution < 1.29 is 4.79 Å². The molecule has 0 aliphatic rings. The maximum atomic E-state index is 12.2. The number of hydrogen-bond acceptors (Lipinski definition) is 2. The first-order valence-corrected chi connectivity index (χ1v) is 7.62. The molecule has 1 amide bonds. The molecule has 4 nitrogen and oxygen atoms in total. The van der Waals surface area contributed by atoms with Crippen molar-refractivity contribution in [1.82, 2.24) is 9.88 Å². The molecular formula is C16H16Cl2N2O2. The summed E-state index contributed by atoms with van der Waals surface area (Å²) in [5.41, 5.74) is 1.34. The molecule has 6 heteroatoms. The number of nitrogens with one attached hydrogen (secondary N) is 1. The van der Waals surface area contributed by atoms with Crippen molar-refractivity contribution in [2.24, 2.45) is 0 Å². The van der Waals surface area contributed by atoms with Gasteiger partial charge >= 0.3 is 0 Å². The molecule has 2 aromatic rings. The highest BCUT2D eigenvalue weighted by atomic mass is 35.5. The first-order chi connectivity index (χ1) is 10.4. The fraction of sp³-hybridized carbons (Fsp3) is 0.250. The number of nitrogens with zero attached hydrogens (tertiary/aromatic N) is 1. The lowest BCUT2D eigenvalue weighted by molar-refractivity contribution is 0.0949. The maximum absolute atomic E-state index is 12.2. The maximum Gasteiger partial charge on any atom is 0.263 e. The van der Waals surface area contributed by atoms with Crippen LogP contribution in [-0.4, -0.2) is 10.5 Å². The van der Waals surface area contributed by atoms with Gasteiger partial charge in [-0.25, -0.2) is 0 Å². The molecule has 2 rings (SSSR count).